The summed E-state index contributed by atoms with van der Waals surface area (Å²) in [6, 6.07) is 4.00. The number of nitrogens with zero attached hydrogens (tertiary/aromatic N) is 1. The lowest BCUT2D eigenvalue weighted by molar-refractivity contribution is -0.385. The normalized spacial score (nSPS) is 8.80. The lowest BCUT2D eigenvalue weighted by atomic mass is 10.2. The van der Waals surface area contributed by atoms with Crippen molar-refractivity contribution in [3.8, 4) is 5.75 Å². The summed E-state index contributed by atoms with van der Waals surface area (Å²) in [7, 11) is 1.33. The highest BCUT2D eigenvalue weighted by Crippen LogP contribution is 2.27. The molecule has 84 valence electrons. The van der Waals surface area contributed by atoms with E-state index in [4.69, 9.17) is 4.74 Å². The molecule has 0 atom stereocenters. The van der Waals surface area contributed by atoms with Gasteiger partial charge in [-0.1, -0.05) is 19.9 Å². The molecule has 0 radical (unpaired) electrons. The highest BCUT2D eigenvalue weighted by atomic mass is 19.1. The second-order valence-electron chi connectivity index (χ2n) is 2.40. The first kappa shape index (κ1) is 13.4. The van der Waals surface area contributed by atoms with Crippen LogP contribution in [0.4, 0.5) is 10.1 Å². The molecule has 0 aliphatic rings. The molecule has 1 aromatic rings. The van der Waals surface area contributed by atoms with Gasteiger partial charge in [0.2, 0.25) is 0 Å². The molecule has 0 spiro atoms. The predicted octanol–water partition coefficient (Wildman–Crippen LogP) is 3.10. The van der Waals surface area contributed by atoms with Gasteiger partial charge in [-0.3, -0.25) is 10.1 Å². The molecule has 0 fully saturated rings. The number of methoxy groups -OCH3 is 1. The Morgan fingerprint density at radius 1 is 1.47 bits per heavy atom. The minimum atomic E-state index is -0.717. The van der Waals surface area contributed by atoms with Crippen molar-refractivity contribution in [2.24, 2.45) is 0 Å². The van der Waals surface area contributed by atoms with Crippen molar-refractivity contribution in [1.82, 2.24) is 0 Å². The van der Waals surface area contributed by atoms with Crippen LogP contribution in [0.25, 0.3) is 0 Å². The highest BCUT2D eigenvalue weighted by Gasteiger charge is 2.14. The van der Waals surface area contributed by atoms with Crippen LogP contribution in [0, 0.1) is 10.1 Å². The fourth-order valence-corrected chi connectivity index (χ4v) is 0.961. The van der Waals surface area contributed by atoms with Gasteiger partial charge in [-0.25, -0.2) is 4.39 Å². The van der Waals surface area contributed by atoms with Gasteiger partial charge < -0.3 is 4.74 Å². The zero-order valence-corrected chi connectivity index (χ0v) is 8.99. The van der Waals surface area contributed by atoms with Crippen molar-refractivity contribution in [2.75, 3.05) is 7.11 Å². The van der Waals surface area contributed by atoms with Crippen LogP contribution in [-0.4, -0.2) is 12.0 Å². The lowest BCUT2D eigenvalue weighted by Crippen LogP contribution is -1.94. The average Bonchev–Trinajstić information content (AvgIpc) is 2.30. The number of alkyl halides is 1. The van der Waals surface area contributed by atoms with Gasteiger partial charge in [-0.2, -0.15) is 0 Å². The van der Waals surface area contributed by atoms with Gasteiger partial charge >= 0.3 is 5.69 Å². The Hall–Kier alpha value is -1.65. The van der Waals surface area contributed by atoms with Crippen molar-refractivity contribution in [1.29, 1.82) is 0 Å². The molecule has 0 amide bonds. The molecule has 0 N–H and O–H groups in total. The van der Waals surface area contributed by atoms with E-state index in [9.17, 15) is 14.5 Å². The maximum Gasteiger partial charge on any atom is 0.311 e. The smallest absolute Gasteiger partial charge is 0.311 e. The second kappa shape index (κ2) is 6.75. The van der Waals surface area contributed by atoms with E-state index in [1.807, 2.05) is 13.8 Å². The molecule has 0 saturated heterocycles. The number of nitro groups is 1. The Bertz CT molecular complexity index is 328. The maximum atomic E-state index is 12.1. The molecule has 0 saturated carbocycles. The van der Waals surface area contributed by atoms with Crippen molar-refractivity contribution < 1.29 is 14.1 Å². The first-order valence-corrected chi connectivity index (χ1v) is 4.56. The van der Waals surface area contributed by atoms with Crippen LogP contribution < -0.4 is 4.74 Å². The first-order valence-electron chi connectivity index (χ1n) is 4.56. The zero-order valence-electron chi connectivity index (χ0n) is 8.99. The van der Waals surface area contributed by atoms with Gasteiger partial charge in [-0.05, 0) is 11.6 Å². The Labute approximate surface area is 87.8 Å². The van der Waals surface area contributed by atoms with Crippen LogP contribution in [-0.2, 0) is 6.67 Å². The lowest BCUT2D eigenvalue weighted by Gasteiger charge is -2.01. The number of benzene rings is 1. The number of nitro benzene ring substituents is 1. The summed E-state index contributed by atoms with van der Waals surface area (Å²) in [5, 5.41) is 10.5. The van der Waals surface area contributed by atoms with Gasteiger partial charge in [0, 0.05) is 6.07 Å². The van der Waals surface area contributed by atoms with Crippen LogP contribution in [0.3, 0.4) is 0 Å². The van der Waals surface area contributed by atoms with Gasteiger partial charge in [0.1, 0.15) is 6.67 Å². The van der Waals surface area contributed by atoms with E-state index >= 15 is 0 Å². The average molecular weight is 215 g/mol. The number of halogens is 1. The standard InChI is InChI=1S/C8H8FNO3.C2H6/c1-13-8-3-2-6(5-9)4-7(8)10(11)12;1-2/h2-4H,5H2,1H3;1-2H3. The predicted molar refractivity (Wildman–Crippen MR) is 55.8 cm³/mol. The van der Waals surface area contributed by atoms with E-state index in [1.165, 1.54) is 25.3 Å². The summed E-state index contributed by atoms with van der Waals surface area (Å²) in [6.45, 7) is 3.28. The van der Waals surface area contributed by atoms with E-state index in [2.05, 4.69) is 0 Å². The van der Waals surface area contributed by atoms with E-state index in [-0.39, 0.29) is 17.0 Å². The molecular formula is C10H14FNO3. The number of hydrogen-bond acceptors (Lipinski definition) is 3. The van der Waals surface area contributed by atoms with Crippen LogP contribution in [0.5, 0.6) is 5.75 Å². The summed E-state index contributed by atoms with van der Waals surface area (Å²) >= 11 is 0. The van der Waals surface area contributed by atoms with Crippen LogP contribution in [0.1, 0.15) is 19.4 Å². The largest absolute Gasteiger partial charge is 0.490 e. The number of rotatable bonds is 3. The summed E-state index contributed by atoms with van der Waals surface area (Å²) in [5.41, 5.74) is 0.0603. The first-order chi connectivity index (χ1) is 7.19. The minimum Gasteiger partial charge on any atom is -0.490 e. The van der Waals surface area contributed by atoms with Crippen molar-refractivity contribution >= 4 is 5.69 Å². The molecule has 1 rings (SSSR count). The molecule has 0 bridgehead atoms. The van der Waals surface area contributed by atoms with Gasteiger partial charge in [0.25, 0.3) is 0 Å². The summed E-state index contributed by atoms with van der Waals surface area (Å²) in [6.07, 6.45) is 0. The molecule has 0 aliphatic heterocycles. The van der Waals surface area contributed by atoms with E-state index in [1.54, 1.807) is 0 Å². The van der Waals surface area contributed by atoms with E-state index < -0.39 is 11.6 Å². The Morgan fingerprint density at radius 3 is 2.47 bits per heavy atom. The molecule has 15 heavy (non-hydrogen) atoms. The van der Waals surface area contributed by atoms with Crippen LogP contribution in [0.15, 0.2) is 18.2 Å². The third-order valence-electron chi connectivity index (χ3n) is 1.59. The molecule has 0 unspecified atom stereocenters. The summed E-state index contributed by atoms with van der Waals surface area (Å²) < 4.78 is 16.9. The summed E-state index contributed by atoms with van der Waals surface area (Å²) in [5.74, 6) is 0.141. The quantitative estimate of drug-likeness (QED) is 0.575. The Balaban J connectivity index is 0.000000921. The Kier molecular flexibility index (Phi) is 6.01. The van der Waals surface area contributed by atoms with Crippen LogP contribution >= 0.6 is 0 Å². The van der Waals surface area contributed by atoms with Crippen molar-refractivity contribution in [3.05, 3.63) is 33.9 Å². The molecule has 1 aromatic carbocycles. The third kappa shape index (κ3) is 3.53. The molecule has 5 heteroatoms. The Morgan fingerprint density at radius 2 is 2.07 bits per heavy atom. The number of ether oxygens (including phenoxy) is 1. The molecule has 0 aromatic heterocycles. The molecule has 0 aliphatic carbocycles. The van der Waals surface area contributed by atoms with Gasteiger partial charge in [-0.15, -0.1) is 0 Å². The fraction of sp³-hybridized carbons (Fsp3) is 0.400. The molecule has 0 heterocycles. The van der Waals surface area contributed by atoms with E-state index in [0.29, 0.717) is 0 Å². The van der Waals surface area contributed by atoms with Gasteiger partial charge in [0.15, 0.2) is 5.75 Å². The monoisotopic (exact) mass is 215 g/mol. The minimum absolute atomic E-state index is 0.141. The SMILES string of the molecule is CC.COc1ccc(CF)cc1[N+](=O)[O-]. The highest BCUT2D eigenvalue weighted by molar-refractivity contribution is 5.48. The van der Waals surface area contributed by atoms with Crippen LogP contribution in [0.2, 0.25) is 0 Å². The second-order valence-corrected chi connectivity index (χ2v) is 2.40. The molecule has 4 nitrogen and oxygen atoms in total. The van der Waals surface area contributed by atoms with E-state index in [0.717, 1.165) is 0 Å². The van der Waals surface area contributed by atoms with Crippen molar-refractivity contribution in [3.63, 3.8) is 0 Å². The van der Waals surface area contributed by atoms with Gasteiger partial charge in [0.05, 0.1) is 12.0 Å². The molecular weight excluding hydrogens is 201 g/mol. The topological polar surface area (TPSA) is 52.4 Å². The van der Waals surface area contributed by atoms with Crippen molar-refractivity contribution in [2.45, 2.75) is 20.5 Å². The fourth-order valence-electron chi connectivity index (χ4n) is 0.961. The third-order valence-corrected chi connectivity index (χ3v) is 1.59. The summed E-state index contributed by atoms with van der Waals surface area (Å²) in [4.78, 5) is 9.85. The maximum absolute atomic E-state index is 12.1. The zero-order chi connectivity index (χ0) is 11.8. The number of hydrogen-bond donors (Lipinski definition) is 0.